The first-order chi connectivity index (χ1) is 8.69. The van der Waals surface area contributed by atoms with Crippen molar-refractivity contribution in [2.24, 2.45) is 0 Å². The summed E-state index contributed by atoms with van der Waals surface area (Å²) in [5, 5.41) is 22.2. The second-order valence-corrected chi connectivity index (χ2v) is 5.60. The van der Waals surface area contributed by atoms with Gasteiger partial charge in [0.25, 0.3) is 0 Å². The van der Waals surface area contributed by atoms with Gasteiger partial charge in [0.15, 0.2) is 0 Å². The second-order valence-electron chi connectivity index (χ2n) is 5.60. The molecule has 2 atom stereocenters. The molecule has 106 valence electrons. The largest absolute Gasteiger partial charge is 0.481 e. The first-order valence-electron chi connectivity index (χ1n) is 6.12. The van der Waals surface area contributed by atoms with Crippen molar-refractivity contribution in [1.82, 2.24) is 5.32 Å². The molecule has 0 saturated heterocycles. The van der Waals surface area contributed by atoms with E-state index in [2.05, 4.69) is 5.32 Å². The highest BCUT2D eigenvalue weighted by Gasteiger charge is 2.27. The van der Waals surface area contributed by atoms with Crippen LogP contribution in [0.2, 0.25) is 0 Å². The molecule has 0 heterocycles. The molecule has 0 aromatic heterocycles. The molecule has 0 radical (unpaired) electrons. The molecule has 0 aliphatic rings. The maximum absolute atomic E-state index is 12.8. The number of rotatable bonds is 5. The lowest BCUT2D eigenvalue weighted by Crippen LogP contribution is -2.47. The van der Waals surface area contributed by atoms with Gasteiger partial charge in [-0.25, -0.2) is 4.39 Å². The number of nitrogens with one attached hydrogen (secondary N) is 1. The van der Waals surface area contributed by atoms with Crippen molar-refractivity contribution < 1.29 is 19.4 Å². The molecule has 1 aromatic carbocycles. The number of halogens is 1. The Morgan fingerprint density at radius 2 is 1.84 bits per heavy atom. The van der Waals surface area contributed by atoms with E-state index in [1.165, 1.54) is 24.3 Å². The van der Waals surface area contributed by atoms with Crippen LogP contribution in [-0.2, 0) is 4.79 Å². The summed E-state index contributed by atoms with van der Waals surface area (Å²) >= 11 is 0. The van der Waals surface area contributed by atoms with Crippen molar-refractivity contribution in [2.75, 3.05) is 0 Å². The Bertz CT molecular complexity index is 425. The fourth-order valence-electron chi connectivity index (χ4n) is 1.88. The Morgan fingerprint density at radius 1 is 1.32 bits per heavy atom. The zero-order valence-corrected chi connectivity index (χ0v) is 11.4. The van der Waals surface area contributed by atoms with E-state index in [0.29, 0.717) is 5.56 Å². The van der Waals surface area contributed by atoms with E-state index in [0.717, 1.165) is 0 Å². The minimum atomic E-state index is -1.00. The van der Waals surface area contributed by atoms with Crippen molar-refractivity contribution in [3.63, 3.8) is 0 Å². The van der Waals surface area contributed by atoms with Gasteiger partial charge in [-0.3, -0.25) is 4.79 Å². The van der Waals surface area contributed by atoms with Gasteiger partial charge in [0.05, 0.1) is 12.5 Å². The molecule has 0 aliphatic carbocycles. The summed E-state index contributed by atoms with van der Waals surface area (Å²) in [4.78, 5) is 10.9. The summed E-state index contributed by atoms with van der Waals surface area (Å²) < 4.78 is 12.8. The first-order valence-corrected chi connectivity index (χ1v) is 6.12. The summed E-state index contributed by atoms with van der Waals surface area (Å²) in [6.07, 6.45) is -1.22. The minimum absolute atomic E-state index is 0.212. The third-order valence-corrected chi connectivity index (χ3v) is 2.61. The summed E-state index contributed by atoms with van der Waals surface area (Å²) in [5.41, 5.74) is 0.158. The average molecular weight is 269 g/mol. The number of hydrogen-bond acceptors (Lipinski definition) is 3. The van der Waals surface area contributed by atoms with E-state index in [1.54, 1.807) is 0 Å². The van der Waals surface area contributed by atoms with Crippen LogP contribution in [0.3, 0.4) is 0 Å². The average Bonchev–Trinajstić information content (AvgIpc) is 2.25. The zero-order valence-electron chi connectivity index (χ0n) is 11.4. The summed E-state index contributed by atoms with van der Waals surface area (Å²) in [6, 6.07) is 4.77. The molecule has 0 amide bonds. The monoisotopic (exact) mass is 269 g/mol. The Labute approximate surface area is 112 Å². The van der Waals surface area contributed by atoms with Gasteiger partial charge in [0.1, 0.15) is 5.82 Å². The number of hydrogen-bond donors (Lipinski definition) is 3. The Morgan fingerprint density at radius 3 is 2.26 bits per heavy atom. The SMILES string of the molecule is CC(C)(C)NC(CC(=O)O)C(O)c1ccc(F)cc1. The van der Waals surface area contributed by atoms with Crippen LogP contribution in [0.4, 0.5) is 4.39 Å². The highest BCUT2D eigenvalue weighted by atomic mass is 19.1. The summed E-state index contributed by atoms with van der Waals surface area (Å²) in [6.45, 7) is 5.66. The van der Waals surface area contributed by atoms with Gasteiger partial charge in [-0.05, 0) is 38.5 Å². The van der Waals surface area contributed by atoms with Gasteiger partial charge in [-0.2, -0.15) is 0 Å². The zero-order chi connectivity index (χ0) is 14.6. The van der Waals surface area contributed by atoms with Gasteiger partial charge in [-0.1, -0.05) is 12.1 Å². The molecule has 1 rings (SSSR count). The van der Waals surface area contributed by atoms with Gasteiger partial charge in [0, 0.05) is 11.6 Å². The van der Waals surface area contributed by atoms with Crippen molar-refractivity contribution in [3.8, 4) is 0 Å². The number of aliphatic carboxylic acids is 1. The standard InChI is InChI=1S/C14H20FNO3/c1-14(2,3)16-11(8-12(17)18)13(19)9-4-6-10(15)7-5-9/h4-7,11,13,16,19H,8H2,1-3H3,(H,17,18). The first kappa shape index (κ1) is 15.6. The maximum atomic E-state index is 12.8. The van der Waals surface area contributed by atoms with Crippen LogP contribution in [-0.4, -0.2) is 27.8 Å². The summed E-state index contributed by atoms with van der Waals surface area (Å²) in [5.74, 6) is -1.39. The number of carboxylic acids is 1. The van der Waals surface area contributed by atoms with Crippen molar-refractivity contribution in [1.29, 1.82) is 0 Å². The fraction of sp³-hybridized carbons (Fsp3) is 0.500. The number of aliphatic hydroxyl groups is 1. The minimum Gasteiger partial charge on any atom is -0.481 e. The molecule has 0 spiro atoms. The van der Waals surface area contributed by atoms with Gasteiger partial charge in [-0.15, -0.1) is 0 Å². The summed E-state index contributed by atoms with van der Waals surface area (Å²) in [7, 11) is 0. The topological polar surface area (TPSA) is 69.6 Å². The Kier molecular flexibility index (Phi) is 5.03. The highest BCUT2D eigenvalue weighted by molar-refractivity contribution is 5.67. The number of carboxylic acid groups (broad SMARTS) is 1. The number of carbonyl (C=O) groups is 1. The van der Waals surface area contributed by atoms with Crippen LogP contribution >= 0.6 is 0 Å². The third-order valence-electron chi connectivity index (χ3n) is 2.61. The van der Waals surface area contributed by atoms with Crippen LogP contribution < -0.4 is 5.32 Å². The Balaban J connectivity index is 2.89. The van der Waals surface area contributed by atoms with E-state index < -0.39 is 23.9 Å². The van der Waals surface area contributed by atoms with E-state index in [1.807, 2.05) is 20.8 Å². The molecular weight excluding hydrogens is 249 g/mol. The molecule has 0 fully saturated rings. The highest BCUT2D eigenvalue weighted by Crippen LogP contribution is 2.21. The molecule has 4 nitrogen and oxygen atoms in total. The third kappa shape index (κ3) is 5.36. The molecule has 2 unspecified atom stereocenters. The lowest BCUT2D eigenvalue weighted by Gasteiger charge is -2.31. The molecule has 5 heteroatoms. The van der Waals surface area contributed by atoms with Crippen LogP contribution in [0.1, 0.15) is 38.9 Å². The Hall–Kier alpha value is -1.46. The van der Waals surface area contributed by atoms with E-state index in [9.17, 15) is 14.3 Å². The molecule has 19 heavy (non-hydrogen) atoms. The number of benzene rings is 1. The predicted octanol–water partition coefficient (Wildman–Crippen LogP) is 2.09. The van der Waals surface area contributed by atoms with Gasteiger partial charge < -0.3 is 15.5 Å². The lowest BCUT2D eigenvalue weighted by molar-refractivity contribution is -0.138. The smallest absolute Gasteiger partial charge is 0.305 e. The number of aliphatic hydroxyl groups excluding tert-OH is 1. The van der Waals surface area contributed by atoms with Crippen LogP contribution in [0.5, 0.6) is 0 Å². The molecule has 0 bridgehead atoms. The van der Waals surface area contributed by atoms with Gasteiger partial charge >= 0.3 is 5.97 Å². The molecular formula is C14H20FNO3. The second kappa shape index (κ2) is 6.12. The van der Waals surface area contributed by atoms with Crippen LogP contribution in [0.25, 0.3) is 0 Å². The molecule has 0 aliphatic heterocycles. The predicted molar refractivity (Wildman–Crippen MR) is 70.3 cm³/mol. The van der Waals surface area contributed by atoms with Gasteiger partial charge in [0.2, 0.25) is 0 Å². The lowest BCUT2D eigenvalue weighted by atomic mass is 9.96. The van der Waals surface area contributed by atoms with Crippen LogP contribution in [0.15, 0.2) is 24.3 Å². The normalized spacial score (nSPS) is 15.0. The van der Waals surface area contributed by atoms with Crippen molar-refractivity contribution in [2.45, 2.75) is 44.9 Å². The van der Waals surface area contributed by atoms with Crippen LogP contribution in [0, 0.1) is 5.82 Å². The van der Waals surface area contributed by atoms with E-state index in [-0.39, 0.29) is 12.0 Å². The van der Waals surface area contributed by atoms with Crippen molar-refractivity contribution in [3.05, 3.63) is 35.6 Å². The molecule has 3 N–H and O–H groups in total. The van der Waals surface area contributed by atoms with E-state index >= 15 is 0 Å². The van der Waals surface area contributed by atoms with E-state index in [4.69, 9.17) is 5.11 Å². The molecule has 1 aromatic rings. The fourth-order valence-corrected chi connectivity index (χ4v) is 1.88. The molecule has 0 saturated carbocycles. The maximum Gasteiger partial charge on any atom is 0.305 e. The quantitative estimate of drug-likeness (QED) is 0.765. The van der Waals surface area contributed by atoms with Crippen molar-refractivity contribution >= 4 is 5.97 Å².